The number of hydrogen-bond acceptors (Lipinski definition) is 5. The highest BCUT2D eigenvalue weighted by Gasteiger charge is 2.13. The molecule has 0 fully saturated rings. The quantitative estimate of drug-likeness (QED) is 0.696. The van der Waals surface area contributed by atoms with Crippen LogP contribution in [0.4, 0.5) is 0 Å². The van der Waals surface area contributed by atoms with Gasteiger partial charge in [0, 0.05) is 6.54 Å². The van der Waals surface area contributed by atoms with E-state index in [-0.39, 0.29) is 5.91 Å². The minimum atomic E-state index is -0.544. The van der Waals surface area contributed by atoms with Gasteiger partial charge in [0.25, 0.3) is 5.91 Å². The number of benzene rings is 1. The third kappa shape index (κ3) is 5.53. The van der Waals surface area contributed by atoms with Gasteiger partial charge in [-0.2, -0.15) is 5.10 Å². The maximum absolute atomic E-state index is 11.9. The van der Waals surface area contributed by atoms with Crippen molar-refractivity contribution in [2.24, 2.45) is 0 Å². The van der Waals surface area contributed by atoms with E-state index in [4.69, 9.17) is 9.47 Å². The van der Waals surface area contributed by atoms with Crippen molar-refractivity contribution in [1.29, 1.82) is 0 Å². The summed E-state index contributed by atoms with van der Waals surface area (Å²) in [6.07, 6.45) is 2.57. The van der Waals surface area contributed by atoms with Gasteiger partial charge in [-0.1, -0.05) is 18.2 Å². The summed E-state index contributed by atoms with van der Waals surface area (Å²) in [5, 5.41) is 6.74. The second-order valence-electron chi connectivity index (χ2n) is 4.64. The van der Waals surface area contributed by atoms with Crippen molar-refractivity contribution >= 4 is 5.91 Å². The van der Waals surface area contributed by atoms with E-state index < -0.39 is 6.10 Å². The molecule has 1 aromatic heterocycles. The molecule has 2 rings (SSSR count). The van der Waals surface area contributed by atoms with Gasteiger partial charge in [-0.05, 0) is 19.1 Å². The molecule has 1 heterocycles. The predicted octanol–water partition coefficient (Wildman–Crippen LogP) is 0.878. The number of hydrogen-bond donors (Lipinski definition) is 1. The molecule has 1 atom stereocenters. The minimum Gasteiger partial charge on any atom is -0.481 e. The Kier molecular flexibility index (Phi) is 6.38. The topological polar surface area (TPSA) is 78.3 Å². The lowest BCUT2D eigenvalue weighted by Crippen LogP contribution is -2.38. The summed E-state index contributed by atoms with van der Waals surface area (Å²) >= 11 is 0. The number of amides is 1. The second-order valence-corrected chi connectivity index (χ2v) is 4.64. The maximum Gasteiger partial charge on any atom is 0.260 e. The second kappa shape index (κ2) is 8.78. The largest absolute Gasteiger partial charge is 0.481 e. The summed E-state index contributed by atoms with van der Waals surface area (Å²) in [7, 11) is 0. The number of rotatable bonds is 9. The van der Waals surface area contributed by atoms with Crippen LogP contribution in [0.25, 0.3) is 0 Å². The molecule has 7 nitrogen and oxygen atoms in total. The van der Waals surface area contributed by atoms with E-state index in [1.807, 2.05) is 30.3 Å². The number of nitrogens with zero attached hydrogens (tertiary/aromatic N) is 3. The first kappa shape index (κ1) is 16.0. The molecule has 22 heavy (non-hydrogen) atoms. The van der Waals surface area contributed by atoms with Crippen LogP contribution in [0, 0.1) is 0 Å². The molecule has 118 valence electrons. The van der Waals surface area contributed by atoms with Crippen molar-refractivity contribution in [2.75, 3.05) is 19.8 Å². The fourth-order valence-electron chi connectivity index (χ4n) is 1.76. The zero-order chi connectivity index (χ0) is 15.6. The highest BCUT2D eigenvalue weighted by molar-refractivity contribution is 5.80. The number of carbonyl (C=O) groups is 1. The van der Waals surface area contributed by atoms with Crippen LogP contribution < -0.4 is 10.1 Å². The predicted molar refractivity (Wildman–Crippen MR) is 80.4 cm³/mol. The van der Waals surface area contributed by atoms with E-state index in [9.17, 15) is 4.79 Å². The van der Waals surface area contributed by atoms with Crippen molar-refractivity contribution in [3.05, 3.63) is 43.0 Å². The van der Waals surface area contributed by atoms with Crippen molar-refractivity contribution in [1.82, 2.24) is 20.1 Å². The van der Waals surface area contributed by atoms with Gasteiger partial charge < -0.3 is 14.8 Å². The van der Waals surface area contributed by atoms with Gasteiger partial charge in [0.1, 0.15) is 18.4 Å². The van der Waals surface area contributed by atoms with Crippen LogP contribution in [0.2, 0.25) is 0 Å². The zero-order valence-electron chi connectivity index (χ0n) is 12.5. The van der Waals surface area contributed by atoms with Gasteiger partial charge in [-0.15, -0.1) is 0 Å². The van der Waals surface area contributed by atoms with Crippen LogP contribution in [-0.2, 0) is 16.1 Å². The molecule has 1 N–H and O–H groups in total. The standard InChI is InChI=1S/C15H20N4O3/c1-13(22-14-5-3-2-4-6-14)15(20)17-7-9-21-10-8-19-12-16-11-18-19/h2-6,11-13H,7-10H2,1H3,(H,17,20). The number of ether oxygens (including phenoxy) is 2. The Labute approximate surface area is 129 Å². The number of para-hydroxylation sites is 1. The number of carbonyl (C=O) groups excluding carboxylic acids is 1. The van der Waals surface area contributed by atoms with Crippen LogP contribution in [0.3, 0.4) is 0 Å². The molecule has 1 aromatic carbocycles. The van der Waals surface area contributed by atoms with Crippen molar-refractivity contribution in [3.8, 4) is 5.75 Å². The summed E-state index contributed by atoms with van der Waals surface area (Å²) < 4.78 is 12.6. The molecule has 0 aliphatic heterocycles. The smallest absolute Gasteiger partial charge is 0.260 e. The SMILES string of the molecule is CC(Oc1ccccc1)C(=O)NCCOCCn1cncn1. The Morgan fingerprint density at radius 1 is 1.32 bits per heavy atom. The number of nitrogens with one attached hydrogen (secondary N) is 1. The van der Waals surface area contributed by atoms with Gasteiger partial charge in [-0.25, -0.2) is 4.98 Å². The Bertz CT molecular complexity index is 545. The normalized spacial score (nSPS) is 11.9. The van der Waals surface area contributed by atoms with Crippen molar-refractivity contribution in [2.45, 2.75) is 19.6 Å². The van der Waals surface area contributed by atoms with Crippen LogP contribution in [0.5, 0.6) is 5.75 Å². The lowest BCUT2D eigenvalue weighted by Gasteiger charge is -2.14. The summed E-state index contributed by atoms with van der Waals surface area (Å²) in [5.41, 5.74) is 0. The molecule has 2 aromatic rings. The third-order valence-corrected chi connectivity index (χ3v) is 2.90. The van der Waals surface area contributed by atoms with Crippen molar-refractivity contribution < 1.29 is 14.3 Å². The van der Waals surface area contributed by atoms with Crippen LogP contribution in [-0.4, -0.2) is 46.5 Å². The maximum atomic E-state index is 11.9. The monoisotopic (exact) mass is 304 g/mol. The van der Waals surface area contributed by atoms with Crippen LogP contribution in [0.1, 0.15) is 6.92 Å². The van der Waals surface area contributed by atoms with Gasteiger partial charge >= 0.3 is 0 Å². The zero-order valence-corrected chi connectivity index (χ0v) is 12.5. The molecular formula is C15H20N4O3. The molecule has 0 aliphatic carbocycles. The molecule has 0 radical (unpaired) electrons. The highest BCUT2D eigenvalue weighted by Crippen LogP contribution is 2.10. The van der Waals surface area contributed by atoms with Gasteiger partial charge in [-0.3, -0.25) is 9.48 Å². The first-order chi connectivity index (χ1) is 10.8. The average molecular weight is 304 g/mol. The number of aromatic nitrogens is 3. The Hall–Kier alpha value is -2.41. The summed E-state index contributed by atoms with van der Waals surface area (Å²) in [4.78, 5) is 15.7. The van der Waals surface area contributed by atoms with E-state index in [0.29, 0.717) is 32.1 Å². The van der Waals surface area contributed by atoms with E-state index >= 15 is 0 Å². The third-order valence-electron chi connectivity index (χ3n) is 2.90. The van der Waals surface area contributed by atoms with Crippen LogP contribution >= 0.6 is 0 Å². The molecule has 1 amide bonds. The lowest BCUT2D eigenvalue weighted by molar-refractivity contribution is -0.127. The fourth-order valence-corrected chi connectivity index (χ4v) is 1.76. The van der Waals surface area contributed by atoms with Gasteiger partial charge in [0.05, 0.1) is 19.8 Å². The van der Waals surface area contributed by atoms with Crippen molar-refractivity contribution in [3.63, 3.8) is 0 Å². The summed E-state index contributed by atoms with van der Waals surface area (Å²) in [6.45, 7) is 3.77. The Morgan fingerprint density at radius 3 is 2.86 bits per heavy atom. The van der Waals surface area contributed by atoms with Crippen LogP contribution in [0.15, 0.2) is 43.0 Å². The minimum absolute atomic E-state index is 0.163. The Balaban J connectivity index is 1.55. The molecule has 0 spiro atoms. The first-order valence-electron chi connectivity index (χ1n) is 7.15. The molecule has 0 saturated heterocycles. The van der Waals surface area contributed by atoms with E-state index in [1.54, 1.807) is 17.9 Å². The molecule has 0 aliphatic rings. The fraction of sp³-hybridized carbons (Fsp3) is 0.400. The van der Waals surface area contributed by atoms with E-state index in [1.165, 1.54) is 6.33 Å². The molecule has 0 bridgehead atoms. The molecule has 7 heteroatoms. The highest BCUT2D eigenvalue weighted by atomic mass is 16.5. The van der Waals surface area contributed by atoms with Gasteiger partial charge in [0.2, 0.25) is 0 Å². The first-order valence-corrected chi connectivity index (χ1v) is 7.15. The summed E-state index contributed by atoms with van der Waals surface area (Å²) in [5.74, 6) is 0.512. The molecule has 0 saturated carbocycles. The summed E-state index contributed by atoms with van der Waals surface area (Å²) in [6, 6.07) is 9.26. The van der Waals surface area contributed by atoms with E-state index in [0.717, 1.165) is 0 Å². The lowest BCUT2D eigenvalue weighted by atomic mass is 10.3. The average Bonchev–Trinajstić information content (AvgIpc) is 3.04. The van der Waals surface area contributed by atoms with Gasteiger partial charge in [0.15, 0.2) is 6.10 Å². The molecular weight excluding hydrogens is 284 g/mol. The van der Waals surface area contributed by atoms with E-state index in [2.05, 4.69) is 15.4 Å². The Morgan fingerprint density at radius 2 is 2.14 bits per heavy atom. The molecule has 1 unspecified atom stereocenters.